The number of carbonyl (C=O) groups excluding carboxylic acids is 3. The molecule has 0 spiro atoms. The van der Waals surface area contributed by atoms with Gasteiger partial charge in [0.15, 0.2) is 0 Å². The normalized spacial score (nSPS) is 19.0. The highest BCUT2D eigenvalue weighted by Gasteiger charge is 2.36. The number of hydrogen-bond donors (Lipinski definition) is 1. The van der Waals surface area contributed by atoms with E-state index in [9.17, 15) is 14.4 Å². The molecule has 2 aliphatic heterocycles. The molecule has 1 aromatic rings. The molecule has 8 heteroatoms. The van der Waals surface area contributed by atoms with E-state index in [0.717, 1.165) is 54.2 Å². The Morgan fingerprint density at radius 3 is 2.54 bits per heavy atom. The predicted octanol–water partition coefficient (Wildman–Crippen LogP) is 2.33. The lowest BCUT2D eigenvalue weighted by molar-refractivity contribution is -0.129. The Morgan fingerprint density at radius 2 is 1.89 bits per heavy atom. The molecule has 0 aromatic heterocycles. The first-order valence-corrected chi connectivity index (χ1v) is 10.2. The van der Waals surface area contributed by atoms with E-state index in [1.165, 1.54) is 0 Å². The predicted molar refractivity (Wildman–Crippen MR) is 110 cm³/mol. The Balaban J connectivity index is 1.63. The van der Waals surface area contributed by atoms with Crippen LogP contribution in [0, 0.1) is 5.92 Å². The first-order valence-electron chi connectivity index (χ1n) is 9.39. The van der Waals surface area contributed by atoms with Gasteiger partial charge < -0.3 is 15.0 Å². The first kappa shape index (κ1) is 20.4. The minimum atomic E-state index is -0.424. The van der Waals surface area contributed by atoms with Gasteiger partial charge in [0.2, 0.25) is 5.91 Å². The molecular weight excluding hydrogens is 378 g/mol. The molecule has 0 unspecified atom stereocenters. The van der Waals surface area contributed by atoms with E-state index in [-0.39, 0.29) is 12.5 Å². The Kier molecular flexibility index (Phi) is 6.74. The summed E-state index contributed by atoms with van der Waals surface area (Å²) in [6, 6.07) is 7.85. The number of imide groups is 1. The molecule has 150 valence electrons. The standard InChI is InChI=1S/C20H25N3O4S/c1-14(2)12-21-18(24)13-23-19(25)17(28-20(23)26)11-15-3-5-16(6-4-15)22-7-9-27-10-8-22/h3-6,11,14H,7-10,12-13H2,1-2H3,(H,21,24)/b17-11-. The Hall–Kier alpha value is -2.32. The van der Waals surface area contributed by atoms with Crippen LogP contribution in [0.3, 0.4) is 0 Å². The minimum absolute atomic E-state index is 0.245. The monoisotopic (exact) mass is 403 g/mol. The zero-order chi connectivity index (χ0) is 20.1. The van der Waals surface area contributed by atoms with Crippen LogP contribution in [0.25, 0.3) is 6.08 Å². The number of nitrogens with zero attached hydrogens (tertiary/aromatic N) is 2. The van der Waals surface area contributed by atoms with Crippen LogP contribution < -0.4 is 10.2 Å². The van der Waals surface area contributed by atoms with Crippen LogP contribution in [0.2, 0.25) is 0 Å². The quantitative estimate of drug-likeness (QED) is 0.735. The van der Waals surface area contributed by atoms with Crippen LogP contribution in [0.4, 0.5) is 10.5 Å². The lowest BCUT2D eigenvalue weighted by Gasteiger charge is -2.28. The van der Waals surface area contributed by atoms with Crippen molar-refractivity contribution in [3.05, 3.63) is 34.7 Å². The van der Waals surface area contributed by atoms with Gasteiger partial charge in [0.1, 0.15) is 6.54 Å². The van der Waals surface area contributed by atoms with Gasteiger partial charge in [0.05, 0.1) is 18.1 Å². The van der Waals surface area contributed by atoms with Gasteiger partial charge in [-0.3, -0.25) is 19.3 Å². The van der Waals surface area contributed by atoms with Crippen molar-refractivity contribution in [2.75, 3.05) is 44.3 Å². The van der Waals surface area contributed by atoms with Gasteiger partial charge in [-0.15, -0.1) is 0 Å². The summed E-state index contributed by atoms with van der Waals surface area (Å²) in [6.45, 7) is 7.39. The molecule has 0 bridgehead atoms. The van der Waals surface area contributed by atoms with E-state index in [1.807, 2.05) is 38.1 Å². The summed E-state index contributed by atoms with van der Waals surface area (Å²) in [7, 11) is 0. The van der Waals surface area contributed by atoms with Crippen LogP contribution in [0.15, 0.2) is 29.2 Å². The van der Waals surface area contributed by atoms with E-state index >= 15 is 0 Å². The van der Waals surface area contributed by atoms with Gasteiger partial charge >= 0.3 is 0 Å². The average molecular weight is 404 g/mol. The Morgan fingerprint density at radius 1 is 1.21 bits per heavy atom. The summed E-state index contributed by atoms with van der Waals surface area (Å²) < 4.78 is 5.36. The van der Waals surface area contributed by atoms with Crippen LogP contribution in [-0.4, -0.2) is 61.3 Å². The number of rotatable bonds is 6. The van der Waals surface area contributed by atoms with Gasteiger partial charge in [0, 0.05) is 25.3 Å². The van der Waals surface area contributed by atoms with Crippen molar-refractivity contribution in [2.24, 2.45) is 5.92 Å². The number of thioether (sulfide) groups is 1. The second kappa shape index (κ2) is 9.25. The topological polar surface area (TPSA) is 79.0 Å². The Bertz CT molecular complexity index is 770. The van der Waals surface area contributed by atoms with Crippen LogP contribution in [0.1, 0.15) is 19.4 Å². The molecule has 0 atom stereocenters. The number of nitrogens with one attached hydrogen (secondary N) is 1. The third-order valence-electron chi connectivity index (χ3n) is 4.45. The fourth-order valence-electron chi connectivity index (χ4n) is 2.91. The molecule has 0 radical (unpaired) electrons. The molecule has 2 saturated heterocycles. The third-order valence-corrected chi connectivity index (χ3v) is 5.36. The maximum absolute atomic E-state index is 12.5. The minimum Gasteiger partial charge on any atom is -0.378 e. The lowest BCUT2D eigenvalue weighted by atomic mass is 10.1. The van der Waals surface area contributed by atoms with Crippen LogP contribution in [-0.2, 0) is 14.3 Å². The third kappa shape index (κ3) is 5.14. The van der Waals surface area contributed by atoms with Crippen molar-refractivity contribution >= 4 is 40.6 Å². The fraction of sp³-hybridized carbons (Fsp3) is 0.450. The number of anilines is 1. The summed E-state index contributed by atoms with van der Waals surface area (Å²) >= 11 is 0.867. The average Bonchev–Trinajstić information content (AvgIpc) is 2.95. The number of benzene rings is 1. The van der Waals surface area contributed by atoms with Gasteiger partial charge in [-0.2, -0.15) is 0 Å². The highest BCUT2D eigenvalue weighted by molar-refractivity contribution is 8.18. The zero-order valence-corrected chi connectivity index (χ0v) is 17.0. The maximum atomic E-state index is 12.5. The smallest absolute Gasteiger partial charge is 0.294 e. The second-order valence-electron chi connectivity index (χ2n) is 7.16. The van der Waals surface area contributed by atoms with Crippen LogP contribution in [0.5, 0.6) is 0 Å². The number of amides is 3. The van der Waals surface area contributed by atoms with Crippen molar-refractivity contribution in [3.63, 3.8) is 0 Å². The maximum Gasteiger partial charge on any atom is 0.294 e. The van der Waals surface area contributed by atoms with Crippen molar-refractivity contribution in [3.8, 4) is 0 Å². The molecular formula is C20H25N3O4S. The van der Waals surface area contributed by atoms with Crippen molar-refractivity contribution in [1.82, 2.24) is 10.2 Å². The molecule has 28 heavy (non-hydrogen) atoms. The molecule has 2 fully saturated rings. The molecule has 1 aromatic carbocycles. The largest absolute Gasteiger partial charge is 0.378 e. The summed E-state index contributed by atoms with van der Waals surface area (Å²) in [6.07, 6.45) is 1.69. The highest BCUT2D eigenvalue weighted by atomic mass is 32.2. The Labute approximate surface area is 169 Å². The molecule has 7 nitrogen and oxygen atoms in total. The van der Waals surface area contributed by atoms with Crippen molar-refractivity contribution in [1.29, 1.82) is 0 Å². The molecule has 0 aliphatic carbocycles. The van der Waals surface area contributed by atoms with E-state index in [4.69, 9.17) is 4.74 Å². The molecule has 3 rings (SSSR count). The fourth-order valence-corrected chi connectivity index (χ4v) is 3.75. The molecule has 0 saturated carbocycles. The van der Waals surface area contributed by atoms with E-state index in [1.54, 1.807) is 6.08 Å². The van der Waals surface area contributed by atoms with Crippen LogP contribution >= 0.6 is 11.8 Å². The molecule has 2 heterocycles. The van der Waals surface area contributed by atoms with Gasteiger partial charge in [-0.05, 0) is 41.5 Å². The lowest BCUT2D eigenvalue weighted by Crippen LogP contribution is -2.40. The van der Waals surface area contributed by atoms with Crippen molar-refractivity contribution in [2.45, 2.75) is 13.8 Å². The number of ether oxygens (including phenoxy) is 1. The molecule has 1 N–H and O–H groups in total. The second-order valence-corrected chi connectivity index (χ2v) is 8.15. The summed E-state index contributed by atoms with van der Waals surface area (Å²) in [5, 5.41) is 2.31. The number of hydrogen-bond acceptors (Lipinski definition) is 6. The van der Waals surface area contributed by atoms with E-state index in [2.05, 4.69) is 10.2 Å². The molecule has 2 aliphatic rings. The number of carbonyl (C=O) groups is 3. The molecule has 3 amide bonds. The van der Waals surface area contributed by atoms with Crippen molar-refractivity contribution < 1.29 is 19.1 Å². The zero-order valence-electron chi connectivity index (χ0n) is 16.1. The van der Waals surface area contributed by atoms with Gasteiger partial charge in [-0.1, -0.05) is 26.0 Å². The number of morpholine rings is 1. The SMILES string of the molecule is CC(C)CNC(=O)CN1C(=O)S/C(=C\c2ccc(N3CCOCC3)cc2)C1=O. The highest BCUT2D eigenvalue weighted by Crippen LogP contribution is 2.32. The van der Waals surface area contributed by atoms with Gasteiger partial charge in [-0.25, -0.2) is 0 Å². The van der Waals surface area contributed by atoms with E-state index < -0.39 is 11.1 Å². The van der Waals surface area contributed by atoms with E-state index in [0.29, 0.717) is 17.4 Å². The summed E-state index contributed by atoms with van der Waals surface area (Å²) in [4.78, 5) is 40.2. The summed E-state index contributed by atoms with van der Waals surface area (Å²) in [5.41, 5.74) is 1.95. The summed E-state index contributed by atoms with van der Waals surface area (Å²) in [5.74, 6) is -0.446. The van der Waals surface area contributed by atoms with Gasteiger partial charge in [0.25, 0.3) is 11.1 Å². The first-order chi connectivity index (χ1) is 13.4.